The highest BCUT2D eigenvalue weighted by Crippen LogP contribution is 2.12. The number of hydrogen-bond acceptors (Lipinski definition) is 4. The molecule has 1 amide bonds. The third-order valence-electron chi connectivity index (χ3n) is 2.35. The molecule has 0 radical (unpaired) electrons. The summed E-state index contributed by atoms with van der Waals surface area (Å²) in [6.07, 6.45) is 5.74. The number of amidine groups is 1. The van der Waals surface area contributed by atoms with Gasteiger partial charge in [0.25, 0.3) is 0 Å². The molecule has 1 aliphatic rings. The topological polar surface area (TPSA) is 59.3 Å². The van der Waals surface area contributed by atoms with E-state index in [0.29, 0.717) is 6.42 Å². The Morgan fingerprint density at radius 2 is 2.62 bits per heavy atom. The Kier molecular flexibility index (Phi) is 3.61. The lowest BCUT2D eigenvalue weighted by Crippen LogP contribution is -2.29. The fourth-order valence-electron chi connectivity index (χ4n) is 1.48. The largest absolute Gasteiger partial charge is 0.334 e. The van der Waals surface area contributed by atoms with E-state index in [2.05, 4.69) is 15.3 Å². The van der Waals surface area contributed by atoms with Crippen molar-refractivity contribution in [3.8, 4) is 0 Å². The Morgan fingerprint density at radius 3 is 3.25 bits per heavy atom. The van der Waals surface area contributed by atoms with Crippen molar-refractivity contribution in [3.63, 3.8) is 0 Å². The number of carbonyl (C=O) groups excluding carboxylic acids is 1. The van der Waals surface area contributed by atoms with E-state index in [-0.39, 0.29) is 11.9 Å². The molecule has 16 heavy (non-hydrogen) atoms. The first-order valence-electron chi connectivity index (χ1n) is 5.20. The average Bonchev–Trinajstić information content (AvgIpc) is 2.88. The molecule has 6 heteroatoms. The number of carbonyl (C=O) groups is 1. The average molecular weight is 238 g/mol. The smallest absolute Gasteiger partial charge is 0.227 e. The number of nitrogens with zero attached hydrogens (tertiary/aromatic N) is 3. The molecule has 1 atom stereocenters. The molecule has 0 aromatic carbocycles. The highest BCUT2D eigenvalue weighted by molar-refractivity contribution is 8.14. The molecule has 1 aromatic rings. The highest BCUT2D eigenvalue weighted by Gasteiger charge is 2.14. The summed E-state index contributed by atoms with van der Waals surface area (Å²) in [5.41, 5.74) is 0. The van der Waals surface area contributed by atoms with Crippen molar-refractivity contribution in [1.29, 1.82) is 0 Å². The summed E-state index contributed by atoms with van der Waals surface area (Å²) in [5, 5.41) is 3.56. The number of aromatic nitrogens is 2. The number of amides is 1. The van der Waals surface area contributed by atoms with Crippen LogP contribution in [-0.4, -0.2) is 32.9 Å². The van der Waals surface area contributed by atoms with Gasteiger partial charge in [-0.05, 0) is 6.92 Å². The predicted octanol–water partition coefficient (Wildman–Crippen LogP) is 1.05. The van der Waals surface area contributed by atoms with Crippen LogP contribution in [0.1, 0.15) is 19.4 Å². The molecular weight excluding hydrogens is 224 g/mol. The zero-order valence-corrected chi connectivity index (χ0v) is 9.91. The van der Waals surface area contributed by atoms with Gasteiger partial charge in [0.15, 0.2) is 5.17 Å². The van der Waals surface area contributed by atoms with E-state index in [9.17, 15) is 4.79 Å². The van der Waals surface area contributed by atoms with Crippen LogP contribution in [0.2, 0.25) is 0 Å². The summed E-state index contributed by atoms with van der Waals surface area (Å²) in [5.74, 6) is 0.974. The Morgan fingerprint density at radius 1 is 1.75 bits per heavy atom. The van der Waals surface area contributed by atoms with Crippen LogP contribution in [0.15, 0.2) is 23.7 Å². The summed E-state index contributed by atoms with van der Waals surface area (Å²) >= 11 is 1.59. The van der Waals surface area contributed by atoms with Crippen LogP contribution in [0.5, 0.6) is 0 Å². The first kappa shape index (κ1) is 11.2. The monoisotopic (exact) mass is 238 g/mol. The van der Waals surface area contributed by atoms with E-state index in [1.165, 1.54) is 0 Å². The fourth-order valence-corrected chi connectivity index (χ4v) is 2.23. The van der Waals surface area contributed by atoms with Crippen molar-refractivity contribution in [2.45, 2.75) is 19.4 Å². The van der Waals surface area contributed by atoms with Crippen molar-refractivity contribution in [2.75, 3.05) is 12.3 Å². The van der Waals surface area contributed by atoms with Gasteiger partial charge >= 0.3 is 0 Å². The van der Waals surface area contributed by atoms with Gasteiger partial charge in [0.05, 0.1) is 12.9 Å². The Hall–Kier alpha value is -1.30. The van der Waals surface area contributed by atoms with Crippen LogP contribution < -0.4 is 5.32 Å². The fraction of sp³-hybridized carbons (Fsp3) is 0.500. The summed E-state index contributed by atoms with van der Waals surface area (Å²) in [6, 6.07) is 0.120. The molecule has 1 aliphatic heterocycles. The number of hydrogen-bond donors (Lipinski definition) is 1. The Labute approximate surface area is 98.3 Å². The van der Waals surface area contributed by atoms with Crippen molar-refractivity contribution in [3.05, 3.63) is 18.7 Å². The van der Waals surface area contributed by atoms with E-state index in [4.69, 9.17) is 0 Å². The van der Waals surface area contributed by atoms with E-state index in [1.54, 1.807) is 24.3 Å². The maximum absolute atomic E-state index is 11.7. The van der Waals surface area contributed by atoms with E-state index in [0.717, 1.165) is 17.5 Å². The van der Waals surface area contributed by atoms with Gasteiger partial charge in [-0.2, -0.15) is 0 Å². The normalized spacial score (nSPS) is 16.9. The van der Waals surface area contributed by atoms with Gasteiger partial charge in [-0.25, -0.2) is 4.98 Å². The van der Waals surface area contributed by atoms with E-state index >= 15 is 0 Å². The molecule has 2 heterocycles. The highest BCUT2D eigenvalue weighted by atomic mass is 32.2. The molecule has 0 fully saturated rings. The molecule has 0 saturated heterocycles. The molecule has 0 saturated carbocycles. The minimum atomic E-state index is 0.00866. The van der Waals surface area contributed by atoms with Crippen LogP contribution in [0.25, 0.3) is 0 Å². The summed E-state index contributed by atoms with van der Waals surface area (Å²) in [6.45, 7) is 2.79. The second kappa shape index (κ2) is 5.16. The molecule has 1 N–H and O–H groups in total. The maximum atomic E-state index is 11.7. The molecule has 2 rings (SSSR count). The van der Waals surface area contributed by atoms with Crippen molar-refractivity contribution < 1.29 is 4.79 Å². The van der Waals surface area contributed by atoms with Gasteiger partial charge in [0, 0.05) is 30.6 Å². The van der Waals surface area contributed by atoms with Gasteiger partial charge in [-0.1, -0.05) is 11.8 Å². The molecule has 0 bridgehead atoms. The summed E-state index contributed by atoms with van der Waals surface area (Å²) in [4.78, 5) is 19.8. The zero-order valence-electron chi connectivity index (χ0n) is 9.09. The second-order valence-electron chi connectivity index (χ2n) is 3.65. The number of aliphatic imine (C=N–C) groups is 1. The predicted molar refractivity (Wildman–Crippen MR) is 64.5 cm³/mol. The van der Waals surface area contributed by atoms with Crippen LogP contribution in [-0.2, 0) is 4.79 Å². The number of imidazole rings is 1. The first-order chi connectivity index (χ1) is 7.75. The molecule has 1 unspecified atom stereocenters. The zero-order chi connectivity index (χ0) is 11.4. The van der Waals surface area contributed by atoms with Gasteiger partial charge < -0.3 is 9.88 Å². The number of thioether (sulfide) groups is 1. The van der Waals surface area contributed by atoms with Gasteiger partial charge in [-0.3, -0.25) is 9.79 Å². The lowest BCUT2D eigenvalue weighted by Gasteiger charge is -2.12. The van der Waals surface area contributed by atoms with Crippen molar-refractivity contribution in [2.24, 2.45) is 4.99 Å². The summed E-state index contributed by atoms with van der Waals surface area (Å²) < 4.78 is 1.92. The van der Waals surface area contributed by atoms with Crippen molar-refractivity contribution in [1.82, 2.24) is 14.9 Å². The van der Waals surface area contributed by atoms with Gasteiger partial charge in [0.2, 0.25) is 5.91 Å². The lowest BCUT2D eigenvalue weighted by molar-refractivity contribution is -0.120. The molecule has 86 valence electrons. The molecular formula is C10H14N4OS. The number of nitrogens with one attached hydrogen (secondary N) is 1. The van der Waals surface area contributed by atoms with Crippen LogP contribution in [0, 0.1) is 0 Å². The maximum Gasteiger partial charge on any atom is 0.227 e. The third-order valence-corrected chi connectivity index (χ3v) is 3.24. The molecule has 1 aromatic heterocycles. The third kappa shape index (κ3) is 2.85. The SMILES string of the molecule is CC(CC(=O)NC1=NCCS1)n1ccnc1. The van der Waals surface area contributed by atoms with Crippen molar-refractivity contribution >= 4 is 22.8 Å². The Balaban J connectivity index is 1.83. The van der Waals surface area contributed by atoms with Gasteiger partial charge in [-0.15, -0.1) is 0 Å². The summed E-state index contributed by atoms with van der Waals surface area (Å²) in [7, 11) is 0. The van der Waals surface area contributed by atoms with E-state index < -0.39 is 0 Å². The Bertz CT molecular complexity index is 388. The molecule has 0 aliphatic carbocycles. The lowest BCUT2D eigenvalue weighted by atomic mass is 10.2. The standard InChI is InChI=1S/C10H14N4OS/c1-8(14-4-2-11-7-14)6-9(15)13-10-12-3-5-16-10/h2,4,7-8H,3,5-6H2,1H3,(H,12,13,15). The van der Waals surface area contributed by atoms with Crippen LogP contribution in [0.3, 0.4) is 0 Å². The number of rotatable bonds is 3. The first-order valence-corrected chi connectivity index (χ1v) is 6.19. The molecule has 0 spiro atoms. The quantitative estimate of drug-likeness (QED) is 0.856. The van der Waals surface area contributed by atoms with Crippen LogP contribution >= 0.6 is 11.8 Å². The van der Waals surface area contributed by atoms with E-state index in [1.807, 2.05) is 17.7 Å². The van der Waals surface area contributed by atoms with Gasteiger partial charge in [0.1, 0.15) is 0 Å². The molecule has 5 nitrogen and oxygen atoms in total. The minimum absolute atomic E-state index is 0.00866. The minimum Gasteiger partial charge on any atom is -0.334 e. The second-order valence-corrected chi connectivity index (χ2v) is 4.73. The van der Waals surface area contributed by atoms with Crippen LogP contribution in [0.4, 0.5) is 0 Å².